The Morgan fingerprint density at radius 2 is 2.00 bits per heavy atom. The number of aliphatic carboxylic acids is 1. The van der Waals surface area contributed by atoms with Crippen LogP contribution in [0.3, 0.4) is 0 Å². The van der Waals surface area contributed by atoms with Crippen LogP contribution in [0.4, 0.5) is 0 Å². The minimum absolute atomic E-state index is 0. The van der Waals surface area contributed by atoms with Gasteiger partial charge < -0.3 is 21.9 Å². The van der Waals surface area contributed by atoms with Crippen molar-refractivity contribution in [1.29, 1.82) is 0 Å². The molecule has 0 aliphatic rings. The van der Waals surface area contributed by atoms with Crippen molar-refractivity contribution in [2.75, 3.05) is 12.8 Å². The van der Waals surface area contributed by atoms with E-state index in [1.54, 1.807) is 0 Å². The third-order valence-corrected chi connectivity index (χ3v) is 2.26. The molecule has 0 rings (SSSR count). The van der Waals surface area contributed by atoms with Gasteiger partial charge in [-0.15, -0.1) is 12.4 Å². The molecule has 0 bridgehead atoms. The molecule has 6 nitrogen and oxygen atoms in total. The lowest BCUT2D eigenvalue weighted by Gasteiger charge is -2.07. The van der Waals surface area contributed by atoms with Crippen molar-refractivity contribution in [2.24, 2.45) is 5.73 Å². The van der Waals surface area contributed by atoms with E-state index in [1.807, 2.05) is 0 Å². The normalized spacial score (nSPS) is 15.9. The molecule has 2 unspecified atom stereocenters. The third-order valence-electron chi connectivity index (χ3n) is 1.17. The number of hydrogen-bond donors (Lipinski definition) is 4. The maximum atomic E-state index is 10.6. The molecule has 13 heavy (non-hydrogen) atoms. The van der Waals surface area contributed by atoms with Gasteiger partial charge in [0.05, 0.1) is 0 Å². The lowest BCUT2D eigenvalue weighted by atomic mass is 10.2. The van der Waals surface area contributed by atoms with E-state index < -0.39 is 19.4 Å². The summed E-state index contributed by atoms with van der Waals surface area (Å²) >= 11 is 0. The molecule has 0 saturated carbocycles. The number of carboxylic acids is 1. The first-order chi connectivity index (χ1) is 4.83. The van der Waals surface area contributed by atoms with Gasteiger partial charge in [-0.2, -0.15) is 0 Å². The van der Waals surface area contributed by atoms with Gasteiger partial charge in [0.2, 0.25) is 0 Å². The molecule has 0 aliphatic heterocycles. The van der Waals surface area contributed by atoms with Crippen molar-refractivity contribution in [1.82, 2.24) is 6.15 Å². The predicted molar refractivity (Wildman–Crippen MR) is 53.1 cm³/mol. The van der Waals surface area contributed by atoms with E-state index in [2.05, 4.69) is 0 Å². The van der Waals surface area contributed by atoms with Crippen LogP contribution >= 0.6 is 19.8 Å². The van der Waals surface area contributed by atoms with Gasteiger partial charge in [0.1, 0.15) is 6.04 Å². The molecule has 2 atom stereocenters. The Hall–Kier alpha value is -0.130. The topological polar surface area (TPSA) is 136 Å². The average Bonchev–Trinajstić information content (AvgIpc) is 1.80. The van der Waals surface area contributed by atoms with Gasteiger partial charge in [-0.3, -0.25) is 9.36 Å². The number of rotatable bonds is 4. The van der Waals surface area contributed by atoms with Crippen LogP contribution in [-0.4, -0.2) is 34.8 Å². The number of hydrogen-bond acceptors (Lipinski definition) is 4. The van der Waals surface area contributed by atoms with Crippen molar-refractivity contribution >= 4 is 25.7 Å². The molecule has 0 radical (unpaired) electrons. The highest BCUT2D eigenvalue weighted by Gasteiger charge is 2.16. The molecule has 0 aromatic heterocycles. The van der Waals surface area contributed by atoms with Crippen molar-refractivity contribution in [3.63, 3.8) is 0 Å². The molecule has 0 fully saturated rings. The van der Waals surface area contributed by atoms with E-state index in [0.717, 1.165) is 0 Å². The molecular weight excluding hydrogens is 218 g/mol. The summed E-state index contributed by atoms with van der Waals surface area (Å²) in [7, 11) is -3.10. The maximum Gasteiger partial charge on any atom is 0.320 e. The van der Waals surface area contributed by atoms with Crippen LogP contribution in [-0.2, 0) is 9.36 Å². The lowest BCUT2D eigenvalue weighted by Crippen LogP contribution is -2.30. The van der Waals surface area contributed by atoms with E-state index in [1.165, 1.54) is 6.66 Å². The fraction of sp³-hybridized carbons (Fsp3) is 0.800. The zero-order chi connectivity index (χ0) is 9.07. The van der Waals surface area contributed by atoms with Crippen molar-refractivity contribution in [3.8, 4) is 0 Å². The summed E-state index contributed by atoms with van der Waals surface area (Å²) in [6.45, 7) is 1.18. The van der Waals surface area contributed by atoms with Gasteiger partial charge in [-0.05, 0) is 6.42 Å². The standard InChI is InChI=1S/C5H12NO4P.ClH.H3N/c1-11(9,10)3-2-4(6)5(7)8;;/h4H,2-3,6H2,1H3,(H,7,8)(H,9,10);1H;1H3. The molecular formula is C5H16ClN2O4P. The predicted octanol–water partition coefficient (Wildman–Crippen LogP) is 0.272. The summed E-state index contributed by atoms with van der Waals surface area (Å²) < 4.78 is 10.6. The monoisotopic (exact) mass is 234 g/mol. The Morgan fingerprint density at radius 1 is 1.62 bits per heavy atom. The second kappa shape index (κ2) is 7.29. The highest BCUT2D eigenvalue weighted by molar-refractivity contribution is 7.57. The SMILES string of the molecule is CP(=O)(O)CCC(N)C(=O)O.Cl.N. The van der Waals surface area contributed by atoms with Gasteiger partial charge in [0, 0.05) is 12.8 Å². The van der Waals surface area contributed by atoms with Crippen LogP contribution in [0.2, 0.25) is 0 Å². The molecule has 0 aliphatic carbocycles. The average molecular weight is 235 g/mol. The Bertz CT molecular complexity index is 195. The summed E-state index contributed by atoms with van der Waals surface area (Å²) in [6, 6.07) is -1.03. The first kappa shape index (κ1) is 18.6. The first-order valence-corrected chi connectivity index (χ1v) is 5.40. The molecule has 0 aromatic rings. The smallest absolute Gasteiger partial charge is 0.320 e. The van der Waals surface area contributed by atoms with E-state index in [9.17, 15) is 9.36 Å². The van der Waals surface area contributed by atoms with Crippen LogP contribution in [0, 0.1) is 0 Å². The molecule has 0 amide bonds. The Kier molecular flexibility index (Phi) is 10.4. The van der Waals surface area contributed by atoms with E-state index in [4.69, 9.17) is 15.7 Å². The van der Waals surface area contributed by atoms with Crippen LogP contribution < -0.4 is 11.9 Å². The molecule has 8 heteroatoms. The fourth-order valence-corrected chi connectivity index (χ4v) is 1.26. The molecule has 7 N–H and O–H groups in total. The summed E-state index contributed by atoms with van der Waals surface area (Å²) in [5.74, 6) is -1.14. The Balaban J connectivity index is -0.000000500. The summed E-state index contributed by atoms with van der Waals surface area (Å²) in [6.07, 6.45) is 0.0000772. The zero-order valence-electron chi connectivity index (χ0n) is 7.34. The van der Waals surface area contributed by atoms with E-state index in [-0.39, 0.29) is 31.1 Å². The van der Waals surface area contributed by atoms with E-state index in [0.29, 0.717) is 0 Å². The number of nitrogens with two attached hydrogens (primary N) is 1. The molecule has 0 heterocycles. The van der Waals surface area contributed by atoms with Crippen LogP contribution in [0.1, 0.15) is 6.42 Å². The minimum Gasteiger partial charge on any atom is -0.480 e. The van der Waals surface area contributed by atoms with Crippen LogP contribution in [0.25, 0.3) is 0 Å². The van der Waals surface area contributed by atoms with Gasteiger partial charge in [0.15, 0.2) is 7.37 Å². The highest BCUT2D eigenvalue weighted by atomic mass is 35.5. The van der Waals surface area contributed by atoms with Gasteiger partial charge >= 0.3 is 5.97 Å². The van der Waals surface area contributed by atoms with Gasteiger partial charge in [-0.25, -0.2) is 0 Å². The maximum absolute atomic E-state index is 10.6. The molecule has 0 saturated heterocycles. The number of halogens is 1. The minimum atomic E-state index is -3.10. The lowest BCUT2D eigenvalue weighted by molar-refractivity contribution is -0.138. The Labute approximate surface area is 83.0 Å². The quantitative estimate of drug-likeness (QED) is 0.516. The zero-order valence-corrected chi connectivity index (χ0v) is 9.05. The van der Waals surface area contributed by atoms with Crippen molar-refractivity contribution in [3.05, 3.63) is 0 Å². The van der Waals surface area contributed by atoms with Crippen LogP contribution in [0.15, 0.2) is 0 Å². The summed E-state index contributed by atoms with van der Waals surface area (Å²) in [5, 5.41) is 8.28. The molecule has 82 valence electrons. The van der Waals surface area contributed by atoms with Crippen molar-refractivity contribution < 1.29 is 19.4 Å². The first-order valence-electron chi connectivity index (χ1n) is 3.10. The molecule has 0 aromatic carbocycles. The Morgan fingerprint density at radius 3 is 2.23 bits per heavy atom. The largest absolute Gasteiger partial charge is 0.480 e. The van der Waals surface area contributed by atoms with E-state index >= 15 is 0 Å². The highest BCUT2D eigenvalue weighted by Crippen LogP contribution is 2.35. The summed E-state index contributed by atoms with van der Waals surface area (Å²) in [5.41, 5.74) is 5.09. The van der Waals surface area contributed by atoms with Crippen molar-refractivity contribution in [2.45, 2.75) is 12.5 Å². The number of carboxylic acid groups (broad SMARTS) is 1. The number of carbonyl (C=O) groups is 1. The molecule has 0 spiro atoms. The fourth-order valence-electron chi connectivity index (χ4n) is 0.502. The second-order valence-electron chi connectivity index (χ2n) is 2.51. The summed E-state index contributed by atoms with van der Waals surface area (Å²) in [4.78, 5) is 18.9. The third kappa shape index (κ3) is 11.9. The van der Waals surface area contributed by atoms with Gasteiger partial charge in [0.25, 0.3) is 0 Å². The van der Waals surface area contributed by atoms with Crippen LogP contribution in [0.5, 0.6) is 0 Å². The second-order valence-corrected chi connectivity index (χ2v) is 5.06. The van der Waals surface area contributed by atoms with Gasteiger partial charge in [-0.1, -0.05) is 0 Å².